The molecule has 0 bridgehead atoms. The van der Waals surface area contributed by atoms with E-state index in [4.69, 9.17) is 18.9 Å². The number of hydrogen-bond acceptors (Lipinski definition) is 6. The zero-order valence-electron chi connectivity index (χ0n) is 13.6. The highest BCUT2D eigenvalue weighted by Gasteiger charge is 2.57. The molecule has 1 aliphatic carbocycles. The number of methoxy groups -OCH3 is 1. The van der Waals surface area contributed by atoms with Crippen molar-refractivity contribution in [3.05, 3.63) is 35.9 Å². The van der Waals surface area contributed by atoms with E-state index >= 15 is 0 Å². The number of nitrogens with one attached hydrogen (secondary N) is 1. The van der Waals surface area contributed by atoms with Gasteiger partial charge in [-0.2, -0.15) is 0 Å². The number of ether oxygens (including phenoxy) is 4. The van der Waals surface area contributed by atoms with E-state index in [1.54, 1.807) is 0 Å². The van der Waals surface area contributed by atoms with E-state index in [1.807, 2.05) is 30.3 Å². The minimum atomic E-state index is -1.19. The highest BCUT2D eigenvalue weighted by Crippen LogP contribution is 2.43. The quantitative estimate of drug-likeness (QED) is 0.844. The second-order valence-corrected chi connectivity index (χ2v) is 6.04. The van der Waals surface area contributed by atoms with Crippen LogP contribution in [0.15, 0.2) is 30.3 Å². The summed E-state index contributed by atoms with van der Waals surface area (Å²) in [6, 6.07) is 9.32. The summed E-state index contributed by atoms with van der Waals surface area (Å²) in [6.45, 7) is 1.09. The molecule has 0 unspecified atom stereocenters. The van der Waals surface area contributed by atoms with Gasteiger partial charge in [0.1, 0.15) is 12.1 Å². The zero-order chi connectivity index (χ0) is 17.0. The van der Waals surface area contributed by atoms with Crippen LogP contribution in [-0.4, -0.2) is 43.7 Å². The Morgan fingerprint density at radius 3 is 2.54 bits per heavy atom. The van der Waals surface area contributed by atoms with Crippen molar-refractivity contribution >= 4 is 12.1 Å². The maximum atomic E-state index is 12.3. The molecule has 0 radical (unpaired) electrons. The molecular formula is C17H21NO6. The Balaban J connectivity index is 1.64. The number of benzene rings is 1. The molecule has 1 aromatic rings. The van der Waals surface area contributed by atoms with Crippen LogP contribution in [0.1, 0.15) is 24.8 Å². The predicted octanol–water partition coefficient (Wildman–Crippen LogP) is 1.75. The first-order chi connectivity index (χ1) is 11.6. The van der Waals surface area contributed by atoms with Crippen LogP contribution in [0.4, 0.5) is 4.79 Å². The normalized spacial score (nSPS) is 24.7. The second-order valence-electron chi connectivity index (χ2n) is 6.04. The Morgan fingerprint density at radius 2 is 1.88 bits per heavy atom. The van der Waals surface area contributed by atoms with Gasteiger partial charge in [-0.05, 0) is 12.0 Å². The van der Waals surface area contributed by atoms with E-state index < -0.39 is 23.4 Å². The molecule has 130 valence electrons. The van der Waals surface area contributed by atoms with E-state index in [0.717, 1.165) is 5.56 Å². The van der Waals surface area contributed by atoms with Crippen LogP contribution in [-0.2, 0) is 30.3 Å². The number of amides is 1. The van der Waals surface area contributed by atoms with Gasteiger partial charge in [0.15, 0.2) is 5.79 Å². The summed E-state index contributed by atoms with van der Waals surface area (Å²) in [7, 11) is 1.29. The van der Waals surface area contributed by atoms with Gasteiger partial charge >= 0.3 is 12.1 Å². The molecule has 1 aromatic carbocycles. The lowest BCUT2D eigenvalue weighted by molar-refractivity contribution is -0.164. The van der Waals surface area contributed by atoms with Crippen molar-refractivity contribution in [3.8, 4) is 0 Å². The lowest BCUT2D eigenvalue weighted by Crippen LogP contribution is -2.54. The molecule has 1 heterocycles. The fourth-order valence-electron chi connectivity index (χ4n) is 3.27. The molecule has 3 rings (SSSR count). The molecule has 7 heteroatoms. The SMILES string of the molecule is COC(=O)[C@@]1(NC(=O)OCc2ccccc2)CCC2(C1)OCCO2. The van der Waals surface area contributed by atoms with E-state index in [0.29, 0.717) is 26.1 Å². The molecule has 1 aliphatic heterocycles. The summed E-state index contributed by atoms with van der Waals surface area (Å²) in [5.41, 5.74) is -0.322. The van der Waals surface area contributed by atoms with Gasteiger partial charge in [-0.25, -0.2) is 9.59 Å². The number of carbonyl (C=O) groups is 2. The summed E-state index contributed by atoms with van der Waals surface area (Å²) in [5.74, 6) is -1.34. The maximum Gasteiger partial charge on any atom is 0.408 e. The minimum Gasteiger partial charge on any atom is -0.467 e. The van der Waals surface area contributed by atoms with Gasteiger partial charge < -0.3 is 24.3 Å². The summed E-state index contributed by atoms with van der Waals surface area (Å²) in [5, 5.41) is 2.67. The molecule has 1 saturated heterocycles. The van der Waals surface area contributed by atoms with E-state index in [1.165, 1.54) is 7.11 Å². The van der Waals surface area contributed by atoms with Crippen molar-refractivity contribution in [1.29, 1.82) is 0 Å². The first-order valence-electron chi connectivity index (χ1n) is 7.93. The van der Waals surface area contributed by atoms with Crippen LogP contribution in [0.3, 0.4) is 0 Å². The van der Waals surface area contributed by atoms with E-state index in [-0.39, 0.29) is 13.0 Å². The topological polar surface area (TPSA) is 83.1 Å². The van der Waals surface area contributed by atoms with Crippen molar-refractivity contribution in [1.82, 2.24) is 5.32 Å². The third-order valence-corrected chi connectivity index (χ3v) is 4.45. The lowest BCUT2D eigenvalue weighted by atomic mass is 9.97. The standard InChI is InChI=1S/C17H21NO6/c1-21-14(19)16(7-8-17(12-16)23-9-10-24-17)18-15(20)22-11-13-5-3-2-4-6-13/h2-6H,7-12H2,1H3,(H,18,20)/t16-/m1/s1. The van der Waals surface area contributed by atoms with E-state index in [9.17, 15) is 9.59 Å². The minimum absolute atomic E-state index is 0.127. The fraction of sp³-hybridized carbons (Fsp3) is 0.529. The summed E-state index contributed by atoms with van der Waals surface area (Å²) >= 11 is 0. The van der Waals surface area contributed by atoms with Crippen LogP contribution in [0.2, 0.25) is 0 Å². The number of rotatable bonds is 4. The summed E-state index contributed by atoms with van der Waals surface area (Å²) < 4.78 is 21.4. The molecule has 1 saturated carbocycles. The van der Waals surface area contributed by atoms with Crippen molar-refractivity contribution in [3.63, 3.8) is 0 Å². The third kappa shape index (κ3) is 3.37. The van der Waals surface area contributed by atoms with Crippen LogP contribution in [0.25, 0.3) is 0 Å². The van der Waals surface area contributed by atoms with Gasteiger partial charge in [-0.1, -0.05) is 30.3 Å². The lowest BCUT2D eigenvalue weighted by Gasteiger charge is -2.29. The molecule has 1 amide bonds. The molecule has 1 spiro atoms. The van der Waals surface area contributed by atoms with Crippen molar-refractivity contribution < 1.29 is 28.5 Å². The van der Waals surface area contributed by atoms with Crippen LogP contribution < -0.4 is 5.32 Å². The van der Waals surface area contributed by atoms with Crippen molar-refractivity contribution in [2.45, 2.75) is 37.2 Å². The molecule has 2 fully saturated rings. The molecule has 24 heavy (non-hydrogen) atoms. The smallest absolute Gasteiger partial charge is 0.408 e. The molecule has 2 aliphatic rings. The second kappa shape index (κ2) is 6.78. The van der Waals surface area contributed by atoms with Gasteiger partial charge in [-0.3, -0.25) is 0 Å². The van der Waals surface area contributed by atoms with Gasteiger partial charge in [0.25, 0.3) is 0 Å². The predicted molar refractivity (Wildman–Crippen MR) is 83.0 cm³/mol. The Labute approximate surface area is 140 Å². The Morgan fingerprint density at radius 1 is 1.17 bits per heavy atom. The molecule has 1 N–H and O–H groups in total. The van der Waals surface area contributed by atoms with Crippen LogP contribution >= 0.6 is 0 Å². The number of alkyl carbamates (subject to hydrolysis) is 1. The zero-order valence-corrected chi connectivity index (χ0v) is 13.6. The molecule has 1 atom stereocenters. The third-order valence-electron chi connectivity index (χ3n) is 4.45. The monoisotopic (exact) mass is 335 g/mol. The number of esters is 1. The Bertz CT molecular complexity index is 598. The highest BCUT2D eigenvalue weighted by atomic mass is 16.7. The van der Waals surface area contributed by atoms with Crippen LogP contribution in [0.5, 0.6) is 0 Å². The summed E-state index contributed by atoms with van der Waals surface area (Å²) in [4.78, 5) is 24.5. The number of hydrogen-bond donors (Lipinski definition) is 1. The molecule has 7 nitrogen and oxygen atoms in total. The van der Waals surface area contributed by atoms with Gasteiger partial charge in [-0.15, -0.1) is 0 Å². The van der Waals surface area contributed by atoms with Gasteiger partial charge in [0, 0.05) is 12.8 Å². The maximum absolute atomic E-state index is 12.3. The molecule has 0 aromatic heterocycles. The van der Waals surface area contributed by atoms with Gasteiger partial charge in [0.2, 0.25) is 0 Å². The Kier molecular flexibility index (Phi) is 4.73. The summed E-state index contributed by atoms with van der Waals surface area (Å²) in [6.07, 6.45) is 0.438. The average molecular weight is 335 g/mol. The molecular weight excluding hydrogens is 314 g/mol. The first kappa shape index (κ1) is 16.7. The largest absolute Gasteiger partial charge is 0.467 e. The average Bonchev–Trinajstić information content (AvgIpc) is 3.21. The highest BCUT2D eigenvalue weighted by molar-refractivity contribution is 5.86. The van der Waals surface area contributed by atoms with Crippen molar-refractivity contribution in [2.75, 3.05) is 20.3 Å². The first-order valence-corrected chi connectivity index (χ1v) is 7.93. The Hall–Kier alpha value is -2.12. The van der Waals surface area contributed by atoms with Crippen LogP contribution in [0, 0.1) is 0 Å². The number of carbonyl (C=O) groups excluding carboxylic acids is 2. The fourth-order valence-corrected chi connectivity index (χ4v) is 3.27. The van der Waals surface area contributed by atoms with Crippen molar-refractivity contribution in [2.24, 2.45) is 0 Å². The van der Waals surface area contributed by atoms with Gasteiger partial charge in [0.05, 0.1) is 20.3 Å². The van der Waals surface area contributed by atoms with E-state index in [2.05, 4.69) is 5.32 Å².